The predicted molar refractivity (Wildman–Crippen MR) is 116 cm³/mol. The van der Waals surface area contributed by atoms with E-state index in [1.54, 1.807) is 30.9 Å². The highest BCUT2D eigenvalue weighted by atomic mass is 19.1. The number of nitriles is 1. The van der Waals surface area contributed by atoms with E-state index in [4.69, 9.17) is 10.5 Å². The Balaban J connectivity index is 2.06. The molecule has 3 N–H and O–H groups in total. The number of phenolic OH excluding ortho intramolecular Hbond substituents is 1. The molecule has 0 radical (unpaired) electrons. The van der Waals surface area contributed by atoms with Gasteiger partial charge in [-0.3, -0.25) is 4.68 Å². The summed E-state index contributed by atoms with van der Waals surface area (Å²) in [4.78, 5) is 4.25. The van der Waals surface area contributed by atoms with Crippen LogP contribution in [0.25, 0.3) is 11.1 Å². The quantitative estimate of drug-likeness (QED) is 0.563. The number of halogens is 1. The standard InChI is InChI=1S/C23H26FN5O2/c1-5-14(6-2)22-21(18(11-25)29(4)28-22)15-9-20(23(26)27-12-15)31-13(3)17-10-16(24)7-8-19(17)30/h7-10,12-14,30H,5-6H2,1-4H3,(H2,26,27)/t13-/m1/s1. The van der Waals surface area contributed by atoms with Crippen molar-refractivity contribution < 1.29 is 14.2 Å². The normalized spacial score (nSPS) is 12.0. The van der Waals surface area contributed by atoms with Gasteiger partial charge in [0.05, 0.1) is 5.69 Å². The molecule has 0 saturated heterocycles. The van der Waals surface area contributed by atoms with Gasteiger partial charge in [-0.15, -0.1) is 0 Å². The number of phenols is 1. The van der Waals surface area contributed by atoms with E-state index in [0.717, 1.165) is 18.5 Å². The van der Waals surface area contributed by atoms with Crippen LogP contribution < -0.4 is 10.5 Å². The lowest BCUT2D eigenvalue weighted by molar-refractivity contribution is 0.222. The summed E-state index contributed by atoms with van der Waals surface area (Å²) in [5.41, 5.74) is 8.94. The summed E-state index contributed by atoms with van der Waals surface area (Å²) in [6.45, 7) is 5.85. The minimum absolute atomic E-state index is 0.0772. The molecule has 162 valence electrons. The second-order valence-electron chi connectivity index (χ2n) is 7.43. The molecule has 31 heavy (non-hydrogen) atoms. The molecule has 0 fully saturated rings. The molecule has 2 heterocycles. The Morgan fingerprint density at radius 3 is 2.65 bits per heavy atom. The molecule has 2 aromatic heterocycles. The Bertz CT molecular complexity index is 1130. The molecule has 3 aromatic rings. The van der Waals surface area contributed by atoms with Crippen LogP contribution in [0.5, 0.6) is 11.5 Å². The van der Waals surface area contributed by atoms with Gasteiger partial charge in [-0.1, -0.05) is 13.8 Å². The lowest BCUT2D eigenvalue weighted by atomic mass is 9.92. The third kappa shape index (κ3) is 4.31. The number of rotatable bonds is 7. The topological polar surface area (TPSA) is 110 Å². The van der Waals surface area contributed by atoms with Crippen LogP contribution >= 0.6 is 0 Å². The first kappa shape index (κ1) is 22.1. The van der Waals surface area contributed by atoms with Crippen LogP contribution in [-0.4, -0.2) is 19.9 Å². The number of pyridine rings is 1. The molecule has 0 spiro atoms. The second-order valence-corrected chi connectivity index (χ2v) is 7.43. The highest BCUT2D eigenvalue weighted by Crippen LogP contribution is 2.38. The van der Waals surface area contributed by atoms with E-state index in [0.29, 0.717) is 22.4 Å². The molecule has 1 aromatic carbocycles. The van der Waals surface area contributed by atoms with Crippen LogP contribution in [0.15, 0.2) is 30.5 Å². The zero-order valence-corrected chi connectivity index (χ0v) is 18.1. The number of anilines is 1. The fourth-order valence-corrected chi connectivity index (χ4v) is 3.71. The third-order valence-electron chi connectivity index (χ3n) is 5.45. The summed E-state index contributed by atoms with van der Waals surface area (Å²) < 4.78 is 21.2. The number of aromatic nitrogens is 3. The van der Waals surface area contributed by atoms with Crippen molar-refractivity contribution in [1.82, 2.24) is 14.8 Å². The lowest BCUT2D eigenvalue weighted by Gasteiger charge is -2.18. The summed E-state index contributed by atoms with van der Waals surface area (Å²) in [5, 5.41) is 24.4. The molecule has 0 aliphatic carbocycles. The fourth-order valence-electron chi connectivity index (χ4n) is 3.71. The van der Waals surface area contributed by atoms with Gasteiger partial charge in [0.25, 0.3) is 0 Å². The van der Waals surface area contributed by atoms with Crippen molar-refractivity contribution in [2.45, 2.75) is 45.6 Å². The number of hydrogen-bond donors (Lipinski definition) is 2. The fraction of sp³-hybridized carbons (Fsp3) is 0.348. The zero-order valence-electron chi connectivity index (χ0n) is 18.1. The predicted octanol–water partition coefficient (Wildman–Crippen LogP) is 4.82. The molecule has 0 unspecified atom stereocenters. The van der Waals surface area contributed by atoms with Gasteiger partial charge in [0, 0.05) is 35.9 Å². The molecular formula is C23H26FN5O2. The Labute approximate surface area is 180 Å². The van der Waals surface area contributed by atoms with E-state index >= 15 is 0 Å². The highest BCUT2D eigenvalue weighted by molar-refractivity contribution is 5.74. The van der Waals surface area contributed by atoms with Gasteiger partial charge in [-0.2, -0.15) is 10.4 Å². The molecule has 8 heteroatoms. The van der Waals surface area contributed by atoms with Gasteiger partial charge >= 0.3 is 0 Å². The summed E-state index contributed by atoms with van der Waals surface area (Å²) in [6.07, 6.45) is 2.67. The van der Waals surface area contributed by atoms with Crippen molar-refractivity contribution in [1.29, 1.82) is 5.26 Å². The molecule has 0 bridgehead atoms. The Kier molecular flexibility index (Phi) is 6.44. The van der Waals surface area contributed by atoms with Gasteiger partial charge in [-0.25, -0.2) is 9.37 Å². The largest absolute Gasteiger partial charge is 0.508 e. The van der Waals surface area contributed by atoms with Crippen molar-refractivity contribution in [3.8, 4) is 28.7 Å². The smallest absolute Gasteiger partial charge is 0.166 e. The molecular weight excluding hydrogens is 397 g/mol. The zero-order chi connectivity index (χ0) is 22.7. The number of ether oxygens (including phenoxy) is 1. The first-order valence-corrected chi connectivity index (χ1v) is 10.2. The SMILES string of the molecule is CCC(CC)c1nn(C)c(C#N)c1-c1cnc(N)c(O[C@H](C)c2cc(F)ccc2O)c1. The van der Waals surface area contributed by atoms with Gasteiger partial charge < -0.3 is 15.6 Å². The average Bonchev–Trinajstić information content (AvgIpc) is 3.08. The number of hydrogen-bond acceptors (Lipinski definition) is 6. The molecule has 0 aliphatic rings. The van der Waals surface area contributed by atoms with Gasteiger partial charge in [0.15, 0.2) is 11.6 Å². The van der Waals surface area contributed by atoms with E-state index in [1.165, 1.54) is 18.2 Å². The Morgan fingerprint density at radius 1 is 1.29 bits per heavy atom. The molecule has 0 saturated carbocycles. The number of aromatic hydroxyl groups is 1. The molecule has 1 atom stereocenters. The molecule has 3 rings (SSSR count). The molecule has 7 nitrogen and oxygen atoms in total. The minimum atomic E-state index is -0.683. The van der Waals surface area contributed by atoms with Gasteiger partial charge in [-0.05, 0) is 44.0 Å². The summed E-state index contributed by atoms with van der Waals surface area (Å²) in [6, 6.07) is 7.60. The Morgan fingerprint density at radius 2 is 2.00 bits per heavy atom. The van der Waals surface area contributed by atoms with Gasteiger partial charge in [0.1, 0.15) is 29.4 Å². The number of nitrogens with zero attached hydrogens (tertiary/aromatic N) is 4. The lowest BCUT2D eigenvalue weighted by Crippen LogP contribution is -2.07. The highest BCUT2D eigenvalue weighted by Gasteiger charge is 2.24. The first-order valence-electron chi connectivity index (χ1n) is 10.2. The van der Waals surface area contributed by atoms with Crippen LogP contribution in [-0.2, 0) is 7.05 Å². The van der Waals surface area contributed by atoms with Crippen molar-refractivity contribution in [3.05, 3.63) is 53.2 Å². The Hall–Kier alpha value is -3.60. The minimum Gasteiger partial charge on any atom is -0.508 e. The molecule has 0 amide bonds. The number of aryl methyl sites for hydroxylation is 1. The van der Waals surface area contributed by atoms with Crippen LogP contribution in [0.2, 0.25) is 0 Å². The van der Waals surface area contributed by atoms with Crippen LogP contribution in [0, 0.1) is 17.1 Å². The second kappa shape index (κ2) is 9.04. The summed E-state index contributed by atoms with van der Waals surface area (Å²) >= 11 is 0. The number of nitrogen functional groups attached to an aromatic ring is 1. The average molecular weight is 423 g/mol. The maximum absolute atomic E-state index is 13.6. The van der Waals surface area contributed by atoms with E-state index in [2.05, 4.69) is 30.0 Å². The van der Waals surface area contributed by atoms with Crippen LogP contribution in [0.1, 0.15) is 62.6 Å². The van der Waals surface area contributed by atoms with Crippen molar-refractivity contribution in [2.24, 2.45) is 7.05 Å². The van der Waals surface area contributed by atoms with E-state index < -0.39 is 11.9 Å². The maximum atomic E-state index is 13.6. The van der Waals surface area contributed by atoms with Crippen molar-refractivity contribution >= 4 is 5.82 Å². The number of nitrogens with two attached hydrogens (primary N) is 1. The monoisotopic (exact) mass is 423 g/mol. The van der Waals surface area contributed by atoms with E-state index in [9.17, 15) is 14.8 Å². The van der Waals surface area contributed by atoms with Crippen LogP contribution in [0.4, 0.5) is 10.2 Å². The van der Waals surface area contributed by atoms with E-state index in [-0.39, 0.29) is 23.2 Å². The number of benzene rings is 1. The summed E-state index contributed by atoms with van der Waals surface area (Å²) in [7, 11) is 1.74. The molecule has 0 aliphatic heterocycles. The summed E-state index contributed by atoms with van der Waals surface area (Å²) in [5.74, 6) is 0.0572. The van der Waals surface area contributed by atoms with E-state index in [1.807, 2.05) is 0 Å². The van der Waals surface area contributed by atoms with Crippen LogP contribution in [0.3, 0.4) is 0 Å². The third-order valence-corrected chi connectivity index (χ3v) is 5.45. The van der Waals surface area contributed by atoms with Crippen molar-refractivity contribution in [2.75, 3.05) is 5.73 Å². The van der Waals surface area contributed by atoms with Crippen molar-refractivity contribution in [3.63, 3.8) is 0 Å². The maximum Gasteiger partial charge on any atom is 0.166 e. The first-order chi connectivity index (χ1) is 14.8. The van der Waals surface area contributed by atoms with Gasteiger partial charge in [0.2, 0.25) is 0 Å².